The number of rotatable bonds is 2. The lowest BCUT2D eigenvalue weighted by molar-refractivity contribution is 0.102. The van der Waals surface area contributed by atoms with Gasteiger partial charge in [-0.25, -0.2) is 4.39 Å². The molecule has 0 bridgehead atoms. The minimum absolute atomic E-state index is 0.0937. The molecule has 0 unspecified atom stereocenters. The van der Waals surface area contributed by atoms with Gasteiger partial charge in [-0.15, -0.1) is 0 Å². The SMILES string of the molecule is O=C(Nc1ccc(Cl)c(O)c1)c1cc(Br)ccc1F. The maximum Gasteiger partial charge on any atom is 0.258 e. The number of aromatic hydroxyl groups is 1. The molecule has 2 N–H and O–H groups in total. The van der Waals surface area contributed by atoms with Crippen molar-refractivity contribution in [3.63, 3.8) is 0 Å². The van der Waals surface area contributed by atoms with Crippen LogP contribution in [0, 0.1) is 5.82 Å². The van der Waals surface area contributed by atoms with Gasteiger partial charge in [0, 0.05) is 16.2 Å². The van der Waals surface area contributed by atoms with E-state index in [9.17, 15) is 14.3 Å². The molecule has 0 atom stereocenters. The number of benzene rings is 2. The predicted molar refractivity (Wildman–Crippen MR) is 75.2 cm³/mol. The van der Waals surface area contributed by atoms with Crippen molar-refractivity contribution in [1.29, 1.82) is 0 Å². The molecule has 0 radical (unpaired) electrons. The monoisotopic (exact) mass is 343 g/mol. The maximum absolute atomic E-state index is 13.5. The van der Waals surface area contributed by atoms with Gasteiger partial charge in [-0.2, -0.15) is 0 Å². The van der Waals surface area contributed by atoms with Crippen molar-refractivity contribution in [1.82, 2.24) is 0 Å². The van der Waals surface area contributed by atoms with Crippen LogP contribution in [-0.4, -0.2) is 11.0 Å². The average molecular weight is 345 g/mol. The van der Waals surface area contributed by atoms with Gasteiger partial charge in [0.15, 0.2) is 0 Å². The van der Waals surface area contributed by atoms with Crippen molar-refractivity contribution in [2.24, 2.45) is 0 Å². The van der Waals surface area contributed by atoms with Crippen molar-refractivity contribution in [3.05, 3.63) is 57.3 Å². The molecule has 19 heavy (non-hydrogen) atoms. The number of carbonyl (C=O) groups is 1. The van der Waals surface area contributed by atoms with E-state index < -0.39 is 11.7 Å². The summed E-state index contributed by atoms with van der Waals surface area (Å²) < 4.78 is 14.1. The van der Waals surface area contributed by atoms with E-state index >= 15 is 0 Å². The number of hydrogen-bond donors (Lipinski definition) is 2. The Kier molecular flexibility index (Phi) is 4.07. The Morgan fingerprint density at radius 2 is 2.00 bits per heavy atom. The largest absolute Gasteiger partial charge is 0.506 e. The predicted octanol–water partition coefficient (Wildman–Crippen LogP) is 4.20. The van der Waals surface area contributed by atoms with Gasteiger partial charge in [0.05, 0.1) is 10.6 Å². The zero-order valence-electron chi connectivity index (χ0n) is 9.45. The van der Waals surface area contributed by atoms with Crippen LogP contribution in [0.1, 0.15) is 10.4 Å². The molecule has 0 aliphatic carbocycles. The lowest BCUT2D eigenvalue weighted by atomic mass is 10.2. The summed E-state index contributed by atoms with van der Waals surface area (Å²) in [6.45, 7) is 0. The zero-order valence-corrected chi connectivity index (χ0v) is 11.8. The highest BCUT2D eigenvalue weighted by Gasteiger charge is 2.13. The number of nitrogens with one attached hydrogen (secondary N) is 1. The van der Waals surface area contributed by atoms with Crippen molar-refractivity contribution < 1.29 is 14.3 Å². The van der Waals surface area contributed by atoms with Crippen LogP contribution in [0.4, 0.5) is 10.1 Å². The summed E-state index contributed by atoms with van der Waals surface area (Å²) in [5.41, 5.74) is 0.232. The van der Waals surface area contributed by atoms with Gasteiger partial charge in [0.1, 0.15) is 11.6 Å². The summed E-state index contributed by atoms with van der Waals surface area (Å²) in [6, 6.07) is 8.30. The highest BCUT2D eigenvalue weighted by Crippen LogP contribution is 2.26. The number of hydrogen-bond acceptors (Lipinski definition) is 2. The highest BCUT2D eigenvalue weighted by atomic mass is 79.9. The molecule has 0 aromatic heterocycles. The van der Waals surface area contributed by atoms with E-state index in [-0.39, 0.29) is 16.3 Å². The summed E-state index contributed by atoms with van der Waals surface area (Å²) in [7, 11) is 0. The van der Waals surface area contributed by atoms with Gasteiger partial charge in [-0.05, 0) is 30.3 Å². The van der Waals surface area contributed by atoms with Crippen LogP contribution < -0.4 is 5.32 Å². The lowest BCUT2D eigenvalue weighted by Crippen LogP contribution is -2.13. The van der Waals surface area contributed by atoms with Crippen LogP contribution in [0.15, 0.2) is 40.9 Å². The van der Waals surface area contributed by atoms with Crippen LogP contribution in [0.3, 0.4) is 0 Å². The minimum atomic E-state index is -0.626. The van der Waals surface area contributed by atoms with E-state index in [4.69, 9.17) is 11.6 Å². The first-order valence-electron chi connectivity index (χ1n) is 5.22. The normalized spacial score (nSPS) is 10.3. The second-order valence-corrected chi connectivity index (χ2v) is 5.07. The van der Waals surface area contributed by atoms with Crippen molar-refractivity contribution in [2.45, 2.75) is 0 Å². The van der Waals surface area contributed by atoms with Crippen LogP contribution in [0.2, 0.25) is 5.02 Å². The Balaban J connectivity index is 2.25. The van der Waals surface area contributed by atoms with Gasteiger partial charge in [0.25, 0.3) is 5.91 Å². The van der Waals surface area contributed by atoms with Crippen molar-refractivity contribution >= 4 is 39.1 Å². The molecule has 98 valence electrons. The van der Waals surface area contributed by atoms with Crippen LogP contribution >= 0.6 is 27.5 Å². The van der Waals surface area contributed by atoms with Gasteiger partial charge in [0.2, 0.25) is 0 Å². The number of anilines is 1. The van der Waals surface area contributed by atoms with E-state index in [0.29, 0.717) is 10.2 Å². The molecule has 0 fully saturated rings. The minimum Gasteiger partial charge on any atom is -0.506 e. The molecule has 1 amide bonds. The molecule has 0 heterocycles. The molecule has 2 aromatic carbocycles. The zero-order chi connectivity index (χ0) is 14.0. The van der Waals surface area contributed by atoms with Gasteiger partial charge < -0.3 is 10.4 Å². The molecule has 0 aliphatic rings. The van der Waals surface area contributed by atoms with E-state index in [1.54, 1.807) is 0 Å². The molecule has 0 aliphatic heterocycles. The standard InChI is InChI=1S/C13H8BrClFNO2/c14-7-1-4-11(16)9(5-7)13(19)17-8-2-3-10(15)12(18)6-8/h1-6,18H,(H,17,19). The molecule has 0 saturated carbocycles. The number of carbonyl (C=O) groups excluding carboxylic acids is 1. The average Bonchev–Trinajstić information content (AvgIpc) is 2.36. The first kappa shape index (κ1) is 13.8. The van der Waals surface area contributed by atoms with Crippen LogP contribution in [0.5, 0.6) is 5.75 Å². The highest BCUT2D eigenvalue weighted by molar-refractivity contribution is 9.10. The molecule has 2 aromatic rings. The van der Waals surface area contributed by atoms with Crippen molar-refractivity contribution in [2.75, 3.05) is 5.32 Å². The van der Waals surface area contributed by atoms with Crippen molar-refractivity contribution in [3.8, 4) is 5.75 Å². The fraction of sp³-hybridized carbons (Fsp3) is 0. The number of amides is 1. The Morgan fingerprint density at radius 3 is 2.68 bits per heavy atom. The number of phenolic OH excluding ortho intramolecular Hbond substituents is 1. The summed E-state index contributed by atoms with van der Waals surface area (Å²) in [5.74, 6) is -1.39. The molecule has 3 nitrogen and oxygen atoms in total. The molecular formula is C13H8BrClFNO2. The van der Waals surface area contributed by atoms with Crippen LogP contribution in [-0.2, 0) is 0 Å². The topological polar surface area (TPSA) is 49.3 Å². The Hall–Kier alpha value is -1.59. The first-order chi connectivity index (χ1) is 8.97. The molecule has 6 heteroatoms. The van der Waals surface area contributed by atoms with E-state index in [2.05, 4.69) is 21.2 Å². The fourth-order valence-electron chi connectivity index (χ4n) is 1.46. The number of halogens is 3. The molecule has 2 rings (SSSR count). The van der Waals surface area contributed by atoms with Crippen LogP contribution in [0.25, 0.3) is 0 Å². The Bertz CT molecular complexity index is 649. The third-order valence-corrected chi connectivity index (χ3v) is 3.19. The van der Waals surface area contributed by atoms with Gasteiger partial charge in [-0.3, -0.25) is 4.79 Å². The summed E-state index contributed by atoms with van der Waals surface area (Å²) in [5, 5.41) is 12.1. The van der Waals surface area contributed by atoms with E-state index in [1.807, 2.05) is 0 Å². The van der Waals surface area contributed by atoms with E-state index in [1.165, 1.54) is 36.4 Å². The van der Waals surface area contributed by atoms with Gasteiger partial charge in [-0.1, -0.05) is 27.5 Å². The summed E-state index contributed by atoms with van der Waals surface area (Å²) >= 11 is 8.82. The maximum atomic E-state index is 13.5. The Labute approximate surface area is 122 Å². The van der Waals surface area contributed by atoms with Gasteiger partial charge >= 0.3 is 0 Å². The number of phenols is 1. The quantitative estimate of drug-likeness (QED) is 0.858. The lowest BCUT2D eigenvalue weighted by Gasteiger charge is -2.07. The third kappa shape index (κ3) is 3.24. The molecule has 0 spiro atoms. The summed E-state index contributed by atoms with van der Waals surface area (Å²) in [4.78, 5) is 11.9. The third-order valence-electron chi connectivity index (χ3n) is 2.38. The summed E-state index contributed by atoms with van der Waals surface area (Å²) in [6.07, 6.45) is 0. The fourth-order valence-corrected chi connectivity index (χ4v) is 1.94. The second-order valence-electron chi connectivity index (χ2n) is 3.74. The van der Waals surface area contributed by atoms with E-state index in [0.717, 1.165) is 0 Å². The molecular weight excluding hydrogens is 337 g/mol. The second kappa shape index (κ2) is 5.59. The smallest absolute Gasteiger partial charge is 0.258 e. The Morgan fingerprint density at radius 1 is 1.26 bits per heavy atom. The first-order valence-corrected chi connectivity index (χ1v) is 6.39. The molecule has 0 saturated heterocycles.